The third-order valence-corrected chi connectivity index (χ3v) is 12.3. The molecule has 3 atom stereocenters. The summed E-state index contributed by atoms with van der Waals surface area (Å²) in [5, 5.41) is 22.9. The van der Waals surface area contributed by atoms with Crippen LogP contribution in [0.3, 0.4) is 0 Å². The standard InChI is InChI=1S/C26H28NO7P.C9H17NO2.C6H4Cl2NO4P.2CH4.ClH/c1-19(26(28)32-22-10-3-2-4-11-22)18-35(31,33-23-16-14-21(15-17-23)27(29)30)34-25-13-7-9-20-8-5-6-12-24(20)25;1-7(10)9(11)12-8-5-3-2-4-6-8;7-14(8,12)13-6-3-1-5(2-4-6)9(10)11;;;/h5-9,12-17,19,22H,2-4,10-11,18H2,1H3;7-8H,2-6,10H2,1H3;1-4H;2*1H4;1H/t19-,35?;7-;;;;/m10..../s1. The lowest BCUT2D eigenvalue weighted by atomic mass is 9.98. The monoisotopic (exact) mass is 991 g/mol. The Morgan fingerprint density at radius 1 is 0.672 bits per heavy atom. The molecule has 0 aromatic heterocycles. The lowest BCUT2D eigenvalue weighted by molar-refractivity contribution is -0.385. The van der Waals surface area contributed by atoms with Gasteiger partial charge < -0.3 is 28.8 Å². The second-order valence-corrected chi connectivity index (χ2v) is 20.7. The molecule has 4 aromatic rings. The molecular weight excluding hydrogens is 935 g/mol. The van der Waals surface area contributed by atoms with Gasteiger partial charge in [-0.1, -0.05) is 71.0 Å². The van der Waals surface area contributed by atoms with Gasteiger partial charge >= 0.3 is 25.6 Å². The van der Waals surface area contributed by atoms with Crippen molar-refractivity contribution in [3.63, 3.8) is 0 Å². The highest BCUT2D eigenvalue weighted by Gasteiger charge is 2.36. The molecule has 2 aliphatic carbocycles. The first-order valence-corrected chi connectivity index (χ1v) is 24.9. The van der Waals surface area contributed by atoms with Crippen LogP contribution in [0.1, 0.15) is 92.9 Å². The van der Waals surface area contributed by atoms with Crippen LogP contribution < -0.4 is 19.3 Å². The van der Waals surface area contributed by atoms with Crippen LogP contribution in [0, 0.1) is 26.1 Å². The molecule has 0 bridgehead atoms. The predicted molar refractivity (Wildman–Crippen MR) is 253 cm³/mol. The van der Waals surface area contributed by atoms with Crippen LogP contribution in [-0.2, 0) is 28.2 Å². The van der Waals surface area contributed by atoms with Crippen molar-refractivity contribution in [3.05, 3.63) is 111 Å². The van der Waals surface area contributed by atoms with Gasteiger partial charge in [0.1, 0.15) is 35.5 Å². The SMILES string of the molecule is C.C.C[C@H](CP(=O)(Oc1ccc([N+](=O)[O-])cc1)Oc1cccc2ccccc12)C(=O)OC1CCCCC1.C[C@H](N)C(=O)OC1CCCCC1.Cl.O=[N+]([O-])c1ccc(OP(=O)(Cl)Cl)cc1. The molecule has 0 heterocycles. The van der Waals surface area contributed by atoms with Crippen molar-refractivity contribution in [1.29, 1.82) is 0 Å². The molecule has 21 heteroatoms. The molecule has 1 unspecified atom stereocenters. The zero-order valence-corrected chi connectivity index (χ0v) is 38.2. The van der Waals surface area contributed by atoms with Crippen molar-refractivity contribution in [2.24, 2.45) is 11.7 Å². The first kappa shape index (κ1) is 57.6. The molecule has 0 spiro atoms. The number of nitro benzene ring substituents is 2. The molecule has 0 aliphatic heterocycles. The van der Waals surface area contributed by atoms with Crippen LogP contribution >= 0.6 is 48.6 Å². The summed E-state index contributed by atoms with van der Waals surface area (Å²) in [6.45, 7) is 3.30. The summed E-state index contributed by atoms with van der Waals surface area (Å²) in [5.41, 5.74) is 5.16. The van der Waals surface area contributed by atoms with Gasteiger partial charge in [-0.05, 0) is 94.0 Å². The summed E-state index contributed by atoms with van der Waals surface area (Å²) in [6.07, 6.45) is 6.67. The number of fused-ring (bicyclic) bond motifs is 1. The Labute approximate surface area is 390 Å². The van der Waals surface area contributed by atoms with Gasteiger partial charge in [0.05, 0.1) is 21.9 Å². The maximum absolute atomic E-state index is 14.0. The lowest BCUT2D eigenvalue weighted by Crippen LogP contribution is -2.32. The quantitative estimate of drug-likeness (QED) is 0.0537. The Hall–Kier alpha value is -4.43. The minimum atomic E-state index is -3.94. The van der Waals surface area contributed by atoms with Gasteiger partial charge in [-0.2, -0.15) is 0 Å². The highest BCUT2D eigenvalue weighted by molar-refractivity contribution is 8.05. The summed E-state index contributed by atoms with van der Waals surface area (Å²) in [5.74, 6) is -0.819. The molecule has 4 aromatic carbocycles. The number of hydrogen-bond acceptors (Lipinski definition) is 14. The molecule has 0 amide bonds. The maximum Gasteiger partial charge on any atom is 0.431 e. The highest BCUT2D eigenvalue weighted by atomic mass is 35.9. The largest absolute Gasteiger partial charge is 0.462 e. The van der Waals surface area contributed by atoms with Crippen molar-refractivity contribution in [3.8, 4) is 17.2 Å². The number of esters is 2. The van der Waals surface area contributed by atoms with E-state index in [1.165, 1.54) is 67.8 Å². The van der Waals surface area contributed by atoms with Crippen LogP contribution in [0.5, 0.6) is 17.2 Å². The van der Waals surface area contributed by atoms with Crippen LogP contribution in [0.2, 0.25) is 0 Å². The first-order chi connectivity index (χ1) is 28.9. The van der Waals surface area contributed by atoms with E-state index < -0.39 is 41.4 Å². The van der Waals surface area contributed by atoms with E-state index >= 15 is 0 Å². The number of ether oxygens (including phenoxy) is 2. The third-order valence-electron chi connectivity index (χ3n) is 9.48. The average molecular weight is 993 g/mol. The predicted octanol–water partition coefficient (Wildman–Crippen LogP) is 13.4. The Bertz CT molecular complexity index is 2180. The molecule has 2 fully saturated rings. The molecule has 64 heavy (non-hydrogen) atoms. The van der Waals surface area contributed by atoms with E-state index in [4.69, 9.17) is 46.7 Å². The third kappa shape index (κ3) is 19.8. The van der Waals surface area contributed by atoms with E-state index in [-0.39, 0.29) is 74.5 Å². The lowest BCUT2D eigenvalue weighted by Gasteiger charge is -2.26. The number of carbonyl (C=O) groups is 2. The zero-order chi connectivity index (χ0) is 44.6. The van der Waals surface area contributed by atoms with Crippen LogP contribution in [-0.4, -0.2) is 46.2 Å². The minimum Gasteiger partial charge on any atom is -0.462 e. The van der Waals surface area contributed by atoms with Crippen LogP contribution in [0.25, 0.3) is 10.8 Å². The van der Waals surface area contributed by atoms with Crippen molar-refractivity contribution < 1.29 is 51.6 Å². The Balaban J connectivity index is 0.000000583. The van der Waals surface area contributed by atoms with Crippen molar-refractivity contribution in [2.45, 2.75) is 111 Å². The molecule has 2 saturated carbocycles. The van der Waals surface area contributed by atoms with Crippen molar-refractivity contribution >= 4 is 82.6 Å². The smallest absolute Gasteiger partial charge is 0.431 e. The van der Waals surface area contributed by atoms with Gasteiger partial charge in [0.15, 0.2) is 0 Å². The second-order valence-electron chi connectivity index (χ2n) is 14.5. The zero-order valence-electron chi connectivity index (χ0n) is 34.1. The van der Waals surface area contributed by atoms with Crippen molar-refractivity contribution in [1.82, 2.24) is 0 Å². The minimum absolute atomic E-state index is 0. The molecule has 0 radical (unpaired) electrons. The average Bonchev–Trinajstić information content (AvgIpc) is 3.22. The molecule has 6 rings (SSSR count). The van der Waals surface area contributed by atoms with E-state index in [1.807, 2.05) is 30.3 Å². The van der Waals surface area contributed by atoms with Crippen LogP contribution in [0.4, 0.5) is 11.4 Å². The summed E-state index contributed by atoms with van der Waals surface area (Å²) >= 11 is 10.3. The van der Waals surface area contributed by atoms with Gasteiger partial charge in [0.2, 0.25) is 0 Å². The fraction of sp³-hybridized carbons (Fsp3) is 0.442. The van der Waals surface area contributed by atoms with E-state index in [0.29, 0.717) is 5.75 Å². The fourth-order valence-electron chi connectivity index (χ4n) is 6.39. The number of nitrogens with zero attached hydrogens (tertiary/aromatic N) is 2. The van der Waals surface area contributed by atoms with Gasteiger partial charge in [0.25, 0.3) is 11.4 Å². The summed E-state index contributed by atoms with van der Waals surface area (Å²) in [4.78, 5) is 44.0. The van der Waals surface area contributed by atoms with Gasteiger partial charge in [-0.15, -0.1) is 12.4 Å². The summed E-state index contributed by atoms with van der Waals surface area (Å²) in [6, 6.07) is 22.6. The molecular formula is C43H58Cl3N3O13P2. The van der Waals surface area contributed by atoms with Crippen LogP contribution in [0.15, 0.2) is 91.0 Å². The van der Waals surface area contributed by atoms with E-state index in [2.05, 4.69) is 4.52 Å². The van der Waals surface area contributed by atoms with E-state index in [9.17, 15) is 38.9 Å². The number of nitro groups is 2. The topological polar surface area (TPSA) is 227 Å². The Kier molecular flexibility index (Phi) is 25.0. The number of halogens is 3. The number of rotatable bonds is 14. The Morgan fingerprint density at radius 2 is 1.11 bits per heavy atom. The summed E-state index contributed by atoms with van der Waals surface area (Å²) in [7, 11) is -3.94. The number of benzene rings is 4. The number of nitrogens with two attached hydrogens (primary N) is 1. The highest BCUT2D eigenvalue weighted by Crippen LogP contribution is 2.57. The van der Waals surface area contributed by atoms with E-state index in [0.717, 1.165) is 55.7 Å². The number of carbonyl (C=O) groups excluding carboxylic acids is 2. The maximum atomic E-state index is 14.0. The second kappa shape index (κ2) is 27.8. The van der Waals surface area contributed by atoms with Gasteiger partial charge in [-0.3, -0.25) is 29.8 Å². The molecule has 0 saturated heterocycles. The molecule has 16 nitrogen and oxygen atoms in total. The number of hydrogen-bond donors (Lipinski definition) is 1. The number of non-ortho nitro benzene ring substituents is 2. The van der Waals surface area contributed by atoms with E-state index in [1.54, 1.807) is 26.0 Å². The van der Waals surface area contributed by atoms with Crippen molar-refractivity contribution in [2.75, 3.05) is 6.16 Å². The molecule has 354 valence electrons. The van der Waals surface area contributed by atoms with Gasteiger partial charge in [0, 0.05) is 52.1 Å². The molecule has 2 aliphatic rings. The normalized spacial score (nSPS) is 15.6. The molecule has 2 N–H and O–H groups in total. The van der Waals surface area contributed by atoms with Gasteiger partial charge in [-0.25, -0.2) is 9.13 Å². The Morgan fingerprint density at radius 3 is 1.56 bits per heavy atom. The first-order valence-electron chi connectivity index (χ1n) is 19.7. The fourth-order valence-corrected chi connectivity index (χ4v) is 9.14. The summed E-state index contributed by atoms with van der Waals surface area (Å²) < 4.78 is 52.1.